The van der Waals surface area contributed by atoms with Crippen molar-refractivity contribution in [3.05, 3.63) is 38.4 Å². The van der Waals surface area contributed by atoms with E-state index in [0.717, 1.165) is 25.3 Å². The van der Waals surface area contributed by atoms with Crippen LogP contribution in [-0.4, -0.2) is 21.0 Å². The van der Waals surface area contributed by atoms with Crippen LogP contribution in [0.3, 0.4) is 0 Å². The van der Waals surface area contributed by atoms with Crippen LogP contribution in [0.4, 0.5) is 17.1 Å². The van der Waals surface area contributed by atoms with Crippen LogP contribution < -0.4 is 16.2 Å². The van der Waals surface area contributed by atoms with E-state index in [4.69, 9.17) is 12.2 Å². The van der Waals surface area contributed by atoms with Crippen molar-refractivity contribution < 1.29 is 9.85 Å². The Hall–Kier alpha value is -2.49. The third-order valence-corrected chi connectivity index (χ3v) is 4.35. The van der Waals surface area contributed by atoms with Crippen LogP contribution in [0.2, 0.25) is 0 Å². The number of hydrazine groups is 1. The number of thiocarbonyl (C=S) groups is 1. The van der Waals surface area contributed by atoms with Gasteiger partial charge in [-0.3, -0.25) is 31.1 Å². The highest BCUT2D eigenvalue weighted by molar-refractivity contribution is 7.80. The van der Waals surface area contributed by atoms with Gasteiger partial charge in [0.25, 0.3) is 5.69 Å². The van der Waals surface area contributed by atoms with Crippen molar-refractivity contribution in [2.75, 3.05) is 5.43 Å². The fourth-order valence-electron chi connectivity index (χ4n) is 2.75. The van der Waals surface area contributed by atoms with Crippen LogP contribution in [0.1, 0.15) is 32.6 Å². The Labute approximate surface area is 144 Å². The lowest BCUT2D eigenvalue weighted by molar-refractivity contribution is -0.393. The predicted octanol–water partition coefficient (Wildman–Crippen LogP) is 2.87. The minimum absolute atomic E-state index is 0.103. The molecule has 24 heavy (non-hydrogen) atoms. The van der Waals surface area contributed by atoms with Gasteiger partial charge in [-0.25, -0.2) is 0 Å². The quantitative estimate of drug-likeness (QED) is 0.419. The zero-order valence-corrected chi connectivity index (χ0v) is 14.0. The molecule has 2 rings (SSSR count). The molecule has 0 bridgehead atoms. The summed E-state index contributed by atoms with van der Waals surface area (Å²) < 4.78 is 0. The summed E-state index contributed by atoms with van der Waals surface area (Å²) >= 11 is 5.20. The summed E-state index contributed by atoms with van der Waals surface area (Å²) in [5.74, 6) is 0.507. The second kappa shape index (κ2) is 7.86. The molecule has 0 radical (unpaired) electrons. The molecule has 0 heterocycles. The van der Waals surface area contributed by atoms with Crippen LogP contribution in [0.15, 0.2) is 18.2 Å². The van der Waals surface area contributed by atoms with Gasteiger partial charge in [0.2, 0.25) is 0 Å². The van der Waals surface area contributed by atoms with E-state index in [1.165, 1.54) is 18.6 Å². The van der Waals surface area contributed by atoms with Crippen molar-refractivity contribution >= 4 is 34.4 Å². The van der Waals surface area contributed by atoms with E-state index < -0.39 is 15.5 Å². The molecule has 1 fully saturated rings. The number of nitro benzene ring substituents is 2. The molecule has 9 nitrogen and oxygen atoms in total. The van der Waals surface area contributed by atoms with E-state index in [0.29, 0.717) is 11.0 Å². The van der Waals surface area contributed by atoms with Gasteiger partial charge in [-0.05, 0) is 37.0 Å². The summed E-state index contributed by atoms with van der Waals surface area (Å²) in [6.07, 6.45) is 4.53. The van der Waals surface area contributed by atoms with Crippen LogP contribution in [0.25, 0.3) is 0 Å². The van der Waals surface area contributed by atoms with E-state index >= 15 is 0 Å². The number of anilines is 1. The molecule has 0 aliphatic heterocycles. The summed E-state index contributed by atoms with van der Waals surface area (Å²) in [5.41, 5.74) is 4.72. The Morgan fingerprint density at radius 1 is 1.21 bits per heavy atom. The molecular formula is C14H19N5O4S. The fraction of sp³-hybridized carbons (Fsp3) is 0.500. The lowest BCUT2D eigenvalue weighted by Crippen LogP contribution is -2.47. The van der Waals surface area contributed by atoms with Crippen molar-refractivity contribution in [1.82, 2.24) is 10.7 Å². The molecule has 2 atom stereocenters. The number of rotatable bonds is 5. The second-order valence-electron chi connectivity index (χ2n) is 5.81. The van der Waals surface area contributed by atoms with Crippen LogP contribution in [-0.2, 0) is 0 Å². The smallest absolute Gasteiger partial charge is 0.300 e. The monoisotopic (exact) mass is 353 g/mol. The standard InChI is InChI=1S/C14H19N5O4S/c1-9-4-2-3-5-11(9)15-14(24)17-16-12-7-6-10(18(20)21)8-13(12)19(22)23/h6-9,11,16H,2-5H2,1H3,(H2,15,17,24)/t9-,11-/m0/s1. The first-order valence-electron chi connectivity index (χ1n) is 7.64. The Morgan fingerprint density at radius 3 is 2.54 bits per heavy atom. The minimum atomic E-state index is -0.684. The third kappa shape index (κ3) is 4.51. The molecule has 1 aliphatic rings. The van der Waals surface area contributed by atoms with Crippen molar-refractivity contribution in [2.24, 2.45) is 5.92 Å². The predicted molar refractivity (Wildman–Crippen MR) is 93.7 cm³/mol. The Morgan fingerprint density at radius 2 is 1.92 bits per heavy atom. The second-order valence-corrected chi connectivity index (χ2v) is 6.22. The van der Waals surface area contributed by atoms with Crippen LogP contribution in [0.5, 0.6) is 0 Å². The van der Waals surface area contributed by atoms with Crippen molar-refractivity contribution in [3.8, 4) is 0 Å². The van der Waals surface area contributed by atoms with Gasteiger partial charge < -0.3 is 5.32 Å². The maximum absolute atomic E-state index is 11.1. The van der Waals surface area contributed by atoms with Gasteiger partial charge in [0, 0.05) is 12.1 Å². The molecular weight excluding hydrogens is 334 g/mol. The highest BCUT2D eigenvalue weighted by Crippen LogP contribution is 2.28. The summed E-state index contributed by atoms with van der Waals surface area (Å²) in [4.78, 5) is 20.4. The zero-order valence-electron chi connectivity index (χ0n) is 13.2. The van der Waals surface area contributed by atoms with E-state index in [1.54, 1.807) is 0 Å². The number of hydrogen-bond acceptors (Lipinski definition) is 6. The summed E-state index contributed by atoms with van der Waals surface area (Å²) in [6.45, 7) is 2.16. The van der Waals surface area contributed by atoms with E-state index in [9.17, 15) is 20.2 Å². The lowest BCUT2D eigenvalue weighted by atomic mass is 9.86. The average molecular weight is 353 g/mol. The van der Waals surface area contributed by atoms with Gasteiger partial charge in [0.05, 0.1) is 15.9 Å². The number of non-ortho nitro benzene ring substituents is 1. The maximum Gasteiger partial charge on any atom is 0.300 e. The Bertz CT molecular complexity index is 654. The number of nitro groups is 2. The third-order valence-electron chi connectivity index (χ3n) is 4.13. The number of nitrogens with zero attached hydrogens (tertiary/aromatic N) is 2. The summed E-state index contributed by atoms with van der Waals surface area (Å²) in [7, 11) is 0. The van der Waals surface area contributed by atoms with Gasteiger partial charge >= 0.3 is 5.69 Å². The van der Waals surface area contributed by atoms with Gasteiger partial charge in [-0.2, -0.15) is 0 Å². The molecule has 1 saturated carbocycles. The largest absolute Gasteiger partial charge is 0.358 e. The minimum Gasteiger partial charge on any atom is -0.358 e. The van der Waals surface area contributed by atoms with Crippen LogP contribution >= 0.6 is 12.2 Å². The highest BCUT2D eigenvalue weighted by Gasteiger charge is 2.22. The fourth-order valence-corrected chi connectivity index (χ4v) is 2.95. The SMILES string of the molecule is C[C@H]1CCCC[C@@H]1NC(=S)NNc1ccc([N+](=O)[O-])cc1[N+](=O)[O-]. The normalized spacial score (nSPS) is 20.0. The van der Waals surface area contributed by atoms with E-state index in [-0.39, 0.29) is 17.4 Å². The van der Waals surface area contributed by atoms with Crippen molar-refractivity contribution in [2.45, 2.75) is 38.6 Å². The maximum atomic E-state index is 11.1. The van der Waals surface area contributed by atoms with Gasteiger partial charge in [0.15, 0.2) is 5.11 Å². The van der Waals surface area contributed by atoms with Gasteiger partial charge in [-0.1, -0.05) is 19.8 Å². The van der Waals surface area contributed by atoms with Gasteiger partial charge in [-0.15, -0.1) is 0 Å². The average Bonchev–Trinajstić information content (AvgIpc) is 2.54. The van der Waals surface area contributed by atoms with Crippen LogP contribution in [0, 0.1) is 26.1 Å². The first kappa shape index (κ1) is 17.9. The molecule has 0 amide bonds. The molecule has 130 valence electrons. The highest BCUT2D eigenvalue weighted by atomic mass is 32.1. The molecule has 1 aromatic rings. The number of benzene rings is 1. The lowest BCUT2D eigenvalue weighted by Gasteiger charge is -2.30. The molecule has 0 spiro atoms. The molecule has 10 heteroatoms. The van der Waals surface area contributed by atoms with E-state index in [2.05, 4.69) is 23.1 Å². The summed E-state index contributed by atoms with van der Waals surface area (Å²) in [5, 5.41) is 25.3. The first-order chi connectivity index (χ1) is 11.4. The number of nitrogens with one attached hydrogen (secondary N) is 3. The summed E-state index contributed by atoms with van der Waals surface area (Å²) in [6, 6.07) is 3.64. The topological polar surface area (TPSA) is 122 Å². The van der Waals surface area contributed by atoms with E-state index in [1.807, 2.05) is 0 Å². The molecule has 0 aromatic heterocycles. The Kier molecular flexibility index (Phi) is 5.85. The molecule has 0 unspecified atom stereocenters. The van der Waals surface area contributed by atoms with Gasteiger partial charge in [0.1, 0.15) is 5.69 Å². The van der Waals surface area contributed by atoms with Crippen molar-refractivity contribution in [3.63, 3.8) is 0 Å². The van der Waals surface area contributed by atoms with Crippen molar-refractivity contribution in [1.29, 1.82) is 0 Å². The number of hydrogen-bond donors (Lipinski definition) is 3. The molecule has 1 aromatic carbocycles. The molecule has 3 N–H and O–H groups in total. The zero-order chi connectivity index (χ0) is 17.7. The Balaban J connectivity index is 1.99. The molecule has 0 saturated heterocycles. The molecule has 1 aliphatic carbocycles. The first-order valence-corrected chi connectivity index (χ1v) is 8.04.